The number of nitrogens with zero attached hydrogens (tertiary/aromatic N) is 4. The summed E-state index contributed by atoms with van der Waals surface area (Å²) in [6.07, 6.45) is 1.43. The van der Waals surface area contributed by atoms with Crippen molar-refractivity contribution < 1.29 is 4.79 Å². The lowest BCUT2D eigenvalue weighted by Crippen LogP contribution is -2.34. The van der Waals surface area contributed by atoms with E-state index >= 15 is 0 Å². The summed E-state index contributed by atoms with van der Waals surface area (Å²) >= 11 is 0. The first-order chi connectivity index (χ1) is 7.19. The van der Waals surface area contributed by atoms with Crippen LogP contribution >= 0.6 is 0 Å². The Morgan fingerprint density at radius 3 is 3.00 bits per heavy atom. The number of anilines is 1. The number of carbonyl (C=O) groups excluding carboxylic acids is 1. The van der Waals surface area contributed by atoms with Crippen LogP contribution in [-0.2, 0) is 4.79 Å². The van der Waals surface area contributed by atoms with Crippen molar-refractivity contribution in [3.05, 3.63) is 17.8 Å². The third-order valence-electron chi connectivity index (χ3n) is 1.85. The molecule has 1 aromatic rings. The Morgan fingerprint density at radius 2 is 2.47 bits per heavy atom. The topological polar surface area (TPSA) is 95.9 Å². The van der Waals surface area contributed by atoms with Crippen LogP contribution in [0.2, 0.25) is 0 Å². The highest BCUT2D eigenvalue weighted by Crippen LogP contribution is 2.13. The molecule has 0 spiro atoms. The van der Waals surface area contributed by atoms with Crippen molar-refractivity contribution in [3.8, 4) is 6.07 Å². The van der Waals surface area contributed by atoms with E-state index in [1.807, 2.05) is 13.0 Å². The summed E-state index contributed by atoms with van der Waals surface area (Å²) in [5.41, 5.74) is 5.47. The summed E-state index contributed by atoms with van der Waals surface area (Å²) in [7, 11) is 0. The molecule has 0 atom stereocenters. The predicted molar refractivity (Wildman–Crippen MR) is 53.8 cm³/mol. The summed E-state index contributed by atoms with van der Waals surface area (Å²) in [6, 6.07) is 3.53. The Labute approximate surface area is 87.3 Å². The van der Waals surface area contributed by atoms with Gasteiger partial charge in [-0.05, 0) is 13.0 Å². The Hall–Kier alpha value is -2.16. The van der Waals surface area contributed by atoms with Crippen molar-refractivity contribution in [1.82, 2.24) is 10.2 Å². The second-order valence-corrected chi connectivity index (χ2v) is 2.86. The van der Waals surface area contributed by atoms with Crippen LogP contribution in [0.1, 0.15) is 12.5 Å². The number of aromatic nitrogens is 2. The summed E-state index contributed by atoms with van der Waals surface area (Å²) in [5, 5.41) is 16.3. The van der Waals surface area contributed by atoms with Crippen molar-refractivity contribution in [3.63, 3.8) is 0 Å². The van der Waals surface area contributed by atoms with Gasteiger partial charge in [-0.1, -0.05) is 0 Å². The van der Waals surface area contributed by atoms with Gasteiger partial charge >= 0.3 is 0 Å². The lowest BCUT2D eigenvalue weighted by molar-refractivity contribution is -0.116. The monoisotopic (exact) mass is 205 g/mol. The van der Waals surface area contributed by atoms with Crippen molar-refractivity contribution in [2.75, 3.05) is 18.0 Å². The highest BCUT2D eigenvalue weighted by molar-refractivity contribution is 5.79. The molecule has 2 N–H and O–H groups in total. The number of amides is 1. The van der Waals surface area contributed by atoms with E-state index in [1.165, 1.54) is 6.20 Å². The largest absolute Gasteiger partial charge is 0.368 e. The number of carbonyl (C=O) groups is 1. The Kier molecular flexibility index (Phi) is 3.57. The lowest BCUT2D eigenvalue weighted by Gasteiger charge is -2.19. The molecular formula is C9H11N5O. The number of nitrogens with two attached hydrogens (primary N) is 1. The molecule has 0 saturated carbocycles. The normalized spacial score (nSPS) is 9.33. The van der Waals surface area contributed by atoms with Gasteiger partial charge in [0.2, 0.25) is 5.91 Å². The van der Waals surface area contributed by atoms with Crippen LogP contribution in [0.5, 0.6) is 0 Å². The number of hydrogen-bond acceptors (Lipinski definition) is 5. The van der Waals surface area contributed by atoms with Gasteiger partial charge in [-0.2, -0.15) is 10.4 Å². The van der Waals surface area contributed by atoms with Crippen LogP contribution < -0.4 is 10.6 Å². The van der Waals surface area contributed by atoms with Gasteiger partial charge in [-0.25, -0.2) is 0 Å². The van der Waals surface area contributed by atoms with Crippen LogP contribution in [0.15, 0.2) is 12.3 Å². The fourth-order valence-corrected chi connectivity index (χ4v) is 1.17. The highest BCUT2D eigenvalue weighted by Gasteiger charge is 2.13. The molecule has 0 aromatic carbocycles. The molecule has 0 unspecified atom stereocenters. The van der Waals surface area contributed by atoms with Gasteiger partial charge in [0.15, 0.2) is 5.82 Å². The van der Waals surface area contributed by atoms with Gasteiger partial charge in [-0.15, -0.1) is 5.10 Å². The van der Waals surface area contributed by atoms with E-state index < -0.39 is 5.91 Å². The van der Waals surface area contributed by atoms with Crippen LogP contribution in [0, 0.1) is 11.3 Å². The smallest absolute Gasteiger partial charge is 0.237 e. The standard InChI is InChI=1S/C9H11N5O/c1-2-14(6-8(11)15)9-7(5-10)3-4-12-13-9/h3-4H,2,6H2,1H3,(H2,11,15). The van der Waals surface area contributed by atoms with E-state index in [2.05, 4.69) is 10.2 Å². The number of nitriles is 1. The minimum atomic E-state index is -0.466. The minimum absolute atomic E-state index is 0.0316. The first kappa shape index (κ1) is 10.9. The number of primary amides is 1. The molecule has 0 aliphatic heterocycles. The molecule has 0 fully saturated rings. The zero-order chi connectivity index (χ0) is 11.3. The molecule has 0 bridgehead atoms. The van der Waals surface area contributed by atoms with Gasteiger partial charge in [-0.3, -0.25) is 4.79 Å². The molecule has 0 aliphatic carbocycles. The maximum atomic E-state index is 10.8. The number of hydrogen-bond donors (Lipinski definition) is 1. The summed E-state index contributed by atoms with van der Waals surface area (Å²) in [4.78, 5) is 12.4. The van der Waals surface area contributed by atoms with Crippen molar-refractivity contribution in [2.45, 2.75) is 6.92 Å². The van der Waals surface area contributed by atoms with Gasteiger partial charge in [0.1, 0.15) is 6.07 Å². The molecule has 0 aliphatic rings. The quantitative estimate of drug-likeness (QED) is 0.725. The van der Waals surface area contributed by atoms with Gasteiger partial charge in [0.05, 0.1) is 18.3 Å². The summed E-state index contributed by atoms with van der Waals surface area (Å²) < 4.78 is 0. The first-order valence-electron chi connectivity index (χ1n) is 4.44. The zero-order valence-electron chi connectivity index (χ0n) is 8.34. The van der Waals surface area contributed by atoms with Crippen molar-refractivity contribution >= 4 is 11.7 Å². The van der Waals surface area contributed by atoms with E-state index in [1.54, 1.807) is 11.0 Å². The molecule has 1 heterocycles. The predicted octanol–water partition coefficient (Wildman–Crippen LogP) is -0.340. The molecule has 0 saturated heterocycles. The van der Waals surface area contributed by atoms with Gasteiger partial charge < -0.3 is 10.6 Å². The molecule has 6 heteroatoms. The molecule has 6 nitrogen and oxygen atoms in total. The molecule has 15 heavy (non-hydrogen) atoms. The van der Waals surface area contributed by atoms with E-state index in [0.717, 1.165) is 0 Å². The second kappa shape index (κ2) is 4.91. The van der Waals surface area contributed by atoms with Crippen molar-refractivity contribution in [1.29, 1.82) is 5.26 Å². The third-order valence-corrected chi connectivity index (χ3v) is 1.85. The lowest BCUT2D eigenvalue weighted by atomic mass is 10.3. The SMILES string of the molecule is CCN(CC(N)=O)c1nnccc1C#N. The number of rotatable bonds is 4. The third kappa shape index (κ3) is 2.64. The molecule has 0 radical (unpaired) electrons. The van der Waals surface area contributed by atoms with Crippen LogP contribution in [0.25, 0.3) is 0 Å². The van der Waals surface area contributed by atoms with Crippen LogP contribution in [-0.4, -0.2) is 29.2 Å². The van der Waals surface area contributed by atoms with Crippen molar-refractivity contribution in [2.24, 2.45) is 5.73 Å². The average Bonchev–Trinajstić information content (AvgIpc) is 2.25. The van der Waals surface area contributed by atoms with E-state index in [4.69, 9.17) is 11.0 Å². The molecule has 1 amide bonds. The maximum absolute atomic E-state index is 10.8. The average molecular weight is 205 g/mol. The zero-order valence-corrected chi connectivity index (χ0v) is 8.34. The highest BCUT2D eigenvalue weighted by atomic mass is 16.1. The number of likely N-dealkylation sites (N-methyl/N-ethyl adjacent to an activating group) is 1. The van der Waals surface area contributed by atoms with Gasteiger partial charge in [0.25, 0.3) is 0 Å². The van der Waals surface area contributed by atoms with Crippen LogP contribution in [0.4, 0.5) is 5.82 Å². The molecule has 78 valence electrons. The Morgan fingerprint density at radius 1 is 1.73 bits per heavy atom. The fourth-order valence-electron chi connectivity index (χ4n) is 1.17. The maximum Gasteiger partial charge on any atom is 0.237 e. The summed E-state index contributed by atoms with van der Waals surface area (Å²) in [5.74, 6) is -0.0762. The van der Waals surface area contributed by atoms with Gasteiger partial charge in [0, 0.05) is 6.54 Å². The van der Waals surface area contributed by atoms with Crippen LogP contribution in [0.3, 0.4) is 0 Å². The molecule has 1 rings (SSSR count). The fraction of sp³-hybridized carbons (Fsp3) is 0.333. The van der Waals surface area contributed by atoms with E-state index in [0.29, 0.717) is 17.9 Å². The van der Waals surface area contributed by atoms with E-state index in [-0.39, 0.29) is 6.54 Å². The molecular weight excluding hydrogens is 194 g/mol. The Bertz CT molecular complexity index is 398. The minimum Gasteiger partial charge on any atom is -0.368 e. The van der Waals surface area contributed by atoms with E-state index in [9.17, 15) is 4.79 Å². The molecule has 1 aromatic heterocycles. The summed E-state index contributed by atoms with van der Waals surface area (Å²) in [6.45, 7) is 2.42. The first-order valence-corrected chi connectivity index (χ1v) is 4.44. The second-order valence-electron chi connectivity index (χ2n) is 2.86. The Balaban J connectivity index is 3.01.